The van der Waals surface area contributed by atoms with Crippen LogP contribution in [0.15, 0.2) is 47.4 Å². The van der Waals surface area contributed by atoms with Crippen molar-refractivity contribution in [3.63, 3.8) is 0 Å². The maximum atomic E-state index is 14.5. The van der Waals surface area contributed by atoms with Gasteiger partial charge in [0.1, 0.15) is 10.7 Å². The van der Waals surface area contributed by atoms with Gasteiger partial charge in [-0.15, -0.1) is 0 Å². The molecule has 0 spiro atoms. The number of nitrogens with one attached hydrogen (secondary N) is 1. The van der Waals surface area contributed by atoms with E-state index in [4.69, 9.17) is 0 Å². The third-order valence-corrected chi connectivity index (χ3v) is 7.11. The average molecular weight is 419 g/mol. The molecule has 3 rings (SSSR count). The molecule has 2 atom stereocenters. The number of amides is 1. The van der Waals surface area contributed by atoms with E-state index >= 15 is 0 Å². The Bertz CT molecular complexity index is 980. The van der Waals surface area contributed by atoms with Gasteiger partial charge in [-0.25, -0.2) is 12.8 Å². The summed E-state index contributed by atoms with van der Waals surface area (Å²) in [5, 5.41) is 2.73. The zero-order valence-corrected chi connectivity index (χ0v) is 17.8. The molecule has 1 fully saturated rings. The maximum absolute atomic E-state index is 14.5. The first kappa shape index (κ1) is 21.5. The second-order valence-corrected chi connectivity index (χ2v) is 9.82. The summed E-state index contributed by atoms with van der Waals surface area (Å²) < 4.78 is 41.9. The van der Waals surface area contributed by atoms with Crippen LogP contribution < -0.4 is 5.32 Å². The quantitative estimate of drug-likeness (QED) is 0.787. The number of anilines is 1. The molecule has 1 amide bonds. The van der Waals surface area contributed by atoms with Crippen LogP contribution in [0.4, 0.5) is 10.1 Å². The molecule has 1 aliphatic heterocycles. The number of piperidine rings is 1. The fourth-order valence-corrected chi connectivity index (χ4v) is 5.58. The van der Waals surface area contributed by atoms with E-state index < -0.39 is 26.6 Å². The number of benzene rings is 2. The lowest BCUT2D eigenvalue weighted by molar-refractivity contribution is 0.102. The predicted octanol–water partition coefficient (Wildman–Crippen LogP) is 4.31. The Morgan fingerprint density at radius 2 is 1.72 bits per heavy atom. The highest BCUT2D eigenvalue weighted by Crippen LogP contribution is 2.28. The largest absolute Gasteiger partial charge is 0.322 e. The zero-order valence-electron chi connectivity index (χ0n) is 17.0. The summed E-state index contributed by atoms with van der Waals surface area (Å²) in [6.07, 6.45) is 1.83. The molecule has 2 aromatic carbocycles. The molecule has 0 aliphatic carbocycles. The molecule has 29 heavy (non-hydrogen) atoms. The van der Waals surface area contributed by atoms with Crippen molar-refractivity contribution in [1.29, 1.82) is 0 Å². The highest BCUT2D eigenvalue weighted by Gasteiger charge is 2.33. The van der Waals surface area contributed by atoms with Gasteiger partial charge < -0.3 is 5.32 Å². The molecular formula is C22H27FN2O3S. The van der Waals surface area contributed by atoms with Crippen LogP contribution in [-0.2, 0) is 16.4 Å². The Morgan fingerprint density at radius 1 is 1.10 bits per heavy atom. The minimum absolute atomic E-state index is 0.0997. The van der Waals surface area contributed by atoms with Crippen molar-refractivity contribution in [2.24, 2.45) is 11.8 Å². The first-order chi connectivity index (χ1) is 13.7. The van der Waals surface area contributed by atoms with Gasteiger partial charge in [0.15, 0.2) is 0 Å². The van der Waals surface area contributed by atoms with Crippen LogP contribution in [0, 0.1) is 17.7 Å². The van der Waals surface area contributed by atoms with Crippen molar-refractivity contribution in [2.75, 3.05) is 18.4 Å². The van der Waals surface area contributed by atoms with Gasteiger partial charge in [0, 0.05) is 24.3 Å². The van der Waals surface area contributed by atoms with Crippen LogP contribution in [0.25, 0.3) is 0 Å². The van der Waals surface area contributed by atoms with Crippen molar-refractivity contribution in [3.05, 3.63) is 59.4 Å². The third kappa shape index (κ3) is 4.85. The Labute approximate surface area is 172 Å². The van der Waals surface area contributed by atoms with Crippen molar-refractivity contribution < 1.29 is 17.6 Å². The van der Waals surface area contributed by atoms with Crippen LogP contribution in [0.1, 0.15) is 43.1 Å². The summed E-state index contributed by atoms with van der Waals surface area (Å²) in [4.78, 5) is 12.1. The van der Waals surface area contributed by atoms with Gasteiger partial charge in [0.2, 0.25) is 10.0 Å². The Kier molecular flexibility index (Phi) is 6.39. The number of hydrogen-bond donors (Lipinski definition) is 1. The molecule has 7 heteroatoms. The Morgan fingerprint density at radius 3 is 2.31 bits per heavy atom. The van der Waals surface area contributed by atoms with Gasteiger partial charge in [0.25, 0.3) is 5.91 Å². The third-order valence-electron chi connectivity index (χ3n) is 5.27. The van der Waals surface area contributed by atoms with E-state index in [2.05, 4.69) is 5.32 Å². The number of hydrogen-bond acceptors (Lipinski definition) is 3. The van der Waals surface area contributed by atoms with E-state index in [0.717, 1.165) is 30.5 Å². The number of nitrogens with zero attached hydrogens (tertiary/aromatic N) is 1. The number of rotatable bonds is 5. The van der Waals surface area contributed by atoms with Crippen LogP contribution in [-0.4, -0.2) is 31.7 Å². The SMILES string of the molecule is CCc1ccc(NC(=O)c2ccc(F)c(S(=O)(=O)N3C[C@@H](C)C[C@H](C)C3)c2)cc1. The lowest BCUT2D eigenvalue weighted by atomic mass is 9.94. The monoisotopic (exact) mass is 418 g/mol. The van der Waals surface area contributed by atoms with Crippen molar-refractivity contribution in [1.82, 2.24) is 4.31 Å². The van der Waals surface area contributed by atoms with Crippen molar-refractivity contribution in [2.45, 2.75) is 38.5 Å². The Hall–Kier alpha value is -2.25. The normalized spacial score (nSPS) is 20.4. The molecular weight excluding hydrogens is 391 g/mol. The summed E-state index contributed by atoms with van der Waals surface area (Å²) in [5.74, 6) is -0.922. The summed E-state index contributed by atoms with van der Waals surface area (Å²) in [6, 6.07) is 10.9. The molecule has 1 saturated heterocycles. The van der Waals surface area contributed by atoms with E-state index in [-0.39, 0.29) is 17.4 Å². The molecule has 0 unspecified atom stereocenters. The first-order valence-electron chi connectivity index (χ1n) is 9.90. The predicted molar refractivity (Wildman–Crippen MR) is 112 cm³/mol. The first-order valence-corrected chi connectivity index (χ1v) is 11.3. The fraction of sp³-hybridized carbons (Fsp3) is 0.409. The minimum Gasteiger partial charge on any atom is -0.322 e. The minimum atomic E-state index is -4.02. The summed E-state index contributed by atoms with van der Waals surface area (Å²) in [6.45, 7) is 6.72. The van der Waals surface area contributed by atoms with Crippen LogP contribution in [0.2, 0.25) is 0 Å². The summed E-state index contributed by atoms with van der Waals surface area (Å²) in [5.41, 5.74) is 1.84. The van der Waals surface area contributed by atoms with Crippen LogP contribution in [0.5, 0.6) is 0 Å². The molecule has 0 bridgehead atoms. The van der Waals surface area contributed by atoms with E-state index in [9.17, 15) is 17.6 Å². The summed E-state index contributed by atoms with van der Waals surface area (Å²) in [7, 11) is -4.02. The van der Waals surface area contributed by atoms with Gasteiger partial charge in [0.05, 0.1) is 0 Å². The van der Waals surface area contributed by atoms with E-state index in [0.29, 0.717) is 18.8 Å². The number of sulfonamides is 1. The second kappa shape index (κ2) is 8.63. The van der Waals surface area contributed by atoms with E-state index in [1.165, 1.54) is 10.4 Å². The molecule has 156 valence electrons. The molecule has 0 radical (unpaired) electrons. The van der Waals surface area contributed by atoms with Gasteiger partial charge in [-0.2, -0.15) is 4.31 Å². The van der Waals surface area contributed by atoms with Crippen molar-refractivity contribution in [3.8, 4) is 0 Å². The lowest BCUT2D eigenvalue weighted by Gasteiger charge is -2.34. The molecule has 1 N–H and O–H groups in total. The fourth-order valence-electron chi connectivity index (χ4n) is 3.81. The van der Waals surface area contributed by atoms with Gasteiger partial charge in [-0.1, -0.05) is 32.9 Å². The van der Waals surface area contributed by atoms with Gasteiger partial charge in [-0.3, -0.25) is 4.79 Å². The smallest absolute Gasteiger partial charge is 0.255 e. The van der Waals surface area contributed by atoms with Gasteiger partial charge >= 0.3 is 0 Å². The van der Waals surface area contributed by atoms with Crippen molar-refractivity contribution >= 4 is 21.6 Å². The molecule has 1 aliphatic rings. The number of aryl methyl sites for hydroxylation is 1. The topological polar surface area (TPSA) is 66.5 Å². The van der Waals surface area contributed by atoms with Crippen LogP contribution in [0.3, 0.4) is 0 Å². The lowest BCUT2D eigenvalue weighted by Crippen LogP contribution is -2.42. The molecule has 0 aromatic heterocycles. The number of carbonyl (C=O) groups excluding carboxylic acids is 1. The summed E-state index contributed by atoms with van der Waals surface area (Å²) >= 11 is 0. The van der Waals surface area contributed by atoms with E-state index in [1.807, 2.05) is 32.9 Å². The number of halogens is 1. The van der Waals surface area contributed by atoms with Gasteiger partial charge in [-0.05, 0) is 60.6 Å². The van der Waals surface area contributed by atoms with Crippen LogP contribution >= 0.6 is 0 Å². The number of carbonyl (C=O) groups is 1. The highest BCUT2D eigenvalue weighted by molar-refractivity contribution is 7.89. The Balaban J connectivity index is 1.85. The second-order valence-electron chi connectivity index (χ2n) is 7.92. The molecule has 1 heterocycles. The zero-order chi connectivity index (χ0) is 21.2. The highest BCUT2D eigenvalue weighted by atomic mass is 32.2. The van der Waals surface area contributed by atoms with E-state index in [1.54, 1.807) is 12.1 Å². The molecule has 5 nitrogen and oxygen atoms in total. The molecule has 0 saturated carbocycles. The molecule has 2 aromatic rings. The standard InChI is InChI=1S/C22H27FN2O3S/c1-4-17-5-8-19(9-6-17)24-22(26)18-7-10-20(23)21(12-18)29(27,28)25-13-15(2)11-16(3)14-25/h5-10,12,15-16H,4,11,13-14H2,1-3H3,(H,24,26)/t15-,16-/m0/s1. The maximum Gasteiger partial charge on any atom is 0.255 e. The average Bonchev–Trinajstić information content (AvgIpc) is 2.68.